The molecule has 2 aromatic rings. The molecule has 1 aromatic heterocycles. The van der Waals surface area contributed by atoms with E-state index in [0.717, 1.165) is 31.6 Å². The van der Waals surface area contributed by atoms with Crippen LogP contribution in [0.2, 0.25) is 5.02 Å². The number of carbonyl (C=O) groups excluding carboxylic acids is 1. The van der Waals surface area contributed by atoms with Crippen LogP contribution in [0.25, 0.3) is 0 Å². The number of hydrogen-bond acceptors (Lipinski definition) is 7. The van der Waals surface area contributed by atoms with Crippen molar-refractivity contribution in [3.8, 4) is 0 Å². The molecule has 2 heterocycles. The third kappa shape index (κ3) is 4.04. The molecule has 1 aliphatic rings. The predicted molar refractivity (Wildman–Crippen MR) is 101 cm³/mol. The molecule has 0 amide bonds. The van der Waals surface area contributed by atoms with E-state index in [4.69, 9.17) is 16.3 Å². The summed E-state index contributed by atoms with van der Waals surface area (Å²) < 4.78 is 4.74. The highest BCUT2D eigenvalue weighted by atomic mass is 35.5. The van der Waals surface area contributed by atoms with E-state index in [2.05, 4.69) is 32.3 Å². The third-order valence-corrected chi connectivity index (χ3v) is 4.90. The van der Waals surface area contributed by atoms with E-state index in [-0.39, 0.29) is 0 Å². The molecule has 0 bridgehead atoms. The number of rotatable bonds is 5. The van der Waals surface area contributed by atoms with Gasteiger partial charge in [0.15, 0.2) is 5.82 Å². The van der Waals surface area contributed by atoms with Crippen LogP contribution in [0.5, 0.6) is 0 Å². The summed E-state index contributed by atoms with van der Waals surface area (Å²) in [6, 6.07) is 5.32. The quantitative estimate of drug-likeness (QED) is 0.795. The standard InChI is InChI=1S/C18H22ClN5O2/c1-3-13-6-4-5-9-24(13)16-11-20-23-18(22-16)21-15-10-12(17(25)26-2)7-8-14(15)19/h7-8,10-11,13H,3-6,9H2,1-2H3,(H,21,22,23). The fourth-order valence-corrected chi connectivity index (χ4v) is 3.36. The van der Waals surface area contributed by atoms with Crippen LogP contribution >= 0.6 is 11.6 Å². The molecule has 0 saturated carbocycles. The van der Waals surface area contributed by atoms with Crippen molar-refractivity contribution in [3.63, 3.8) is 0 Å². The van der Waals surface area contributed by atoms with Gasteiger partial charge >= 0.3 is 5.97 Å². The fourth-order valence-electron chi connectivity index (χ4n) is 3.20. The van der Waals surface area contributed by atoms with Gasteiger partial charge in [0.2, 0.25) is 5.95 Å². The number of esters is 1. The maximum Gasteiger partial charge on any atom is 0.337 e. The molecule has 8 heteroatoms. The van der Waals surface area contributed by atoms with Crippen molar-refractivity contribution in [3.05, 3.63) is 35.0 Å². The van der Waals surface area contributed by atoms with Crippen LogP contribution in [-0.2, 0) is 4.74 Å². The molecule has 26 heavy (non-hydrogen) atoms. The van der Waals surface area contributed by atoms with Crippen LogP contribution in [0.4, 0.5) is 17.5 Å². The first-order valence-electron chi connectivity index (χ1n) is 8.73. The first-order chi connectivity index (χ1) is 12.6. The summed E-state index contributed by atoms with van der Waals surface area (Å²) in [5.74, 6) is 0.706. The summed E-state index contributed by atoms with van der Waals surface area (Å²) >= 11 is 6.23. The Bertz CT molecular complexity index is 786. The molecule has 1 aliphatic heterocycles. The molecular weight excluding hydrogens is 354 g/mol. The highest BCUT2D eigenvalue weighted by molar-refractivity contribution is 6.33. The first kappa shape index (κ1) is 18.4. The van der Waals surface area contributed by atoms with Gasteiger partial charge in [-0.2, -0.15) is 10.1 Å². The monoisotopic (exact) mass is 375 g/mol. The lowest BCUT2D eigenvalue weighted by molar-refractivity contribution is 0.0601. The molecule has 138 valence electrons. The number of aromatic nitrogens is 3. The molecule has 0 aliphatic carbocycles. The van der Waals surface area contributed by atoms with Crippen LogP contribution in [0, 0.1) is 0 Å². The zero-order valence-electron chi connectivity index (χ0n) is 14.9. The number of hydrogen-bond donors (Lipinski definition) is 1. The minimum atomic E-state index is -0.434. The Morgan fingerprint density at radius 3 is 3.04 bits per heavy atom. The summed E-state index contributed by atoms with van der Waals surface area (Å²) in [7, 11) is 1.34. The summed E-state index contributed by atoms with van der Waals surface area (Å²) in [6.45, 7) is 3.16. The van der Waals surface area contributed by atoms with E-state index in [0.29, 0.717) is 28.3 Å². The molecule has 1 N–H and O–H groups in total. The Hall–Kier alpha value is -2.41. The number of nitrogens with one attached hydrogen (secondary N) is 1. The van der Waals surface area contributed by atoms with Crippen molar-refractivity contribution in [2.45, 2.75) is 38.6 Å². The van der Waals surface area contributed by atoms with Crippen LogP contribution in [0.3, 0.4) is 0 Å². The van der Waals surface area contributed by atoms with Gasteiger partial charge in [-0.05, 0) is 43.9 Å². The topological polar surface area (TPSA) is 80.2 Å². The minimum absolute atomic E-state index is 0.340. The highest BCUT2D eigenvalue weighted by Crippen LogP contribution is 2.28. The normalized spacial score (nSPS) is 17.0. The summed E-state index contributed by atoms with van der Waals surface area (Å²) in [5, 5.41) is 11.6. The number of anilines is 3. The Morgan fingerprint density at radius 1 is 1.42 bits per heavy atom. The molecule has 1 aromatic carbocycles. The van der Waals surface area contributed by atoms with E-state index in [1.54, 1.807) is 24.4 Å². The minimum Gasteiger partial charge on any atom is -0.465 e. The molecule has 1 fully saturated rings. The average Bonchev–Trinajstić information content (AvgIpc) is 2.69. The molecule has 1 unspecified atom stereocenters. The van der Waals surface area contributed by atoms with E-state index < -0.39 is 5.97 Å². The van der Waals surface area contributed by atoms with Crippen molar-refractivity contribution in [1.82, 2.24) is 15.2 Å². The molecular formula is C18H22ClN5O2. The van der Waals surface area contributed by atoms with Crippen LogP contribution < -0.4 is 10.2 Å². The van der Waals surface area contributed by atoms with E-state index in [1.807, 2.05) is 0 Å². The second-order valence-corrected chi connectivity index (χ2v) is 6.61. The largest absolute Gasteiger partial charge is 0.465 e. The lowest BCUT2D eigenvalue weighted by Crippen LogP contribution is -2.39. The number of ether oxygens (including phenoxy) is 1. The Kier molecular flexibility index (Phi) is 5.88. The Balaban J connectivity index is 1.84. The van der Waals surface area contributed by atoms with Crippen molar-refractivity contribution in [2.24, 2.45) is 0 Å². The molecule has 0 spiro atoms. The summed E-state index contributed by atoms with van der Waals surface area (Å²) in [5.41, 5.74) is 0.921. The fraction of sp³-hybridized carbons (Fsp3) is 0.444. The second-order valence-electron chi connectivity index (χ2n) is 6.20. The second kappa shape index (κ2) is 8.31. The molecule has 7 nitrogen and oxygen atoms in total. The van der Waals surface area contributed by atoms with Gasteiger partial charge in [0.1, 0.15) is 0 Å². The predicted octanol–water partition coefficient (Wildman–Crippen LogP) is 3.82. The number of piperidine rings is 1. The maximum atomic E-state index is 11.7. The molecule has 1 saturated heterocycles. The molecule has 1 atom stereocenters. The van der Waals surface area contributed by atoms with Crippen molar-refractivity contribution in [2.75, 3.05) is 23.9 Å². The lowest BCUT2D eigenvalue weighted by Gasteiger charge is -2.35. The van der Waals surface area contributed by atoms with Crippen LogP contribution in [0.1, 0.15) is 43.0 Å². The Morgan fingerprint density at radius 2 is 2.27 bits per heavy atom. The summed E-state index contributed by atoms with van der Waals surface area (Å²) in [4.78, 5) is 18.6. The lowest BCUT2D eigenvalue weighted by atomic mass is 10.0. The van der Waals surface area contributed by atoms with Crippen molar-refractivity contribution < 1.29 is 9.53 Å². The van der Waals surface area contributed by atoms with Crippen LogP contribution in [-0.4, -0.2) is 40.8 Å². The van der Waals surface area contributed by atoms with E-state index in [1.165, 1.54) is 13.5 Å². The SMILES string of the molecule is CCC1CCCCN1c1cnnc(Nc2cc(C(=O)OC)ccc2Cl)n1. The molecule has 3 rings (SSSR count). The van der Waals surface area contributed by atoms with Gasteiger partial charge < -0.3 is 15.0 Å². The molecule has 0 radical (unpaired) electrons. The highest BCUT2D eigenvalue weighted by Gasteiger charge is 2.22. The maximum absolute atomic E-state index is 11.7. The number of carbonyl (C=O) groups is 1. The van der Waals surface area contributed by atoms with Gasteiger partial charge in [0.05, 0.1) is 29.6 Å². The Labute approximate surface area is 157 Å². The zero-order valence-corrected chi connectivity index (χ0v) is 15.7. The third-order valence-electron chi connectivity index (χ3n) is 4.57. The number of methoxy groups -OCH3 is 1. The van der Waals surface area contributed by atoms with Gasteiger partial charge in [0.25, 0.3) is 0 Å². The number of nitrogens with zero attached hydrogens (tertiary/aromatic N) is 4. The smallest absolute Gasteiger partial charge is 0.337 e. The van der Waals surface area contributed by atoms with E-state index in [9.17, 15) is 4.79 Å². The van der Waals surface area contributed by atoms with Crippen molar-refractivity contribution >= 4 is 35.0 Å². The summed E-state index contributed by atoms with van der Waals surface area (Å²) in [6.07, 6.45) is 6.31. The number of benzene rings is 1. The zero-order chi connectivity index (χ0) is 18.5. The van der Waals surface area contributed by atoms with Gasteiger partial charge in [0, 0.05) is 12.6 Å². The number of halogens is 1. The first-order valence-corrected chi connectivity index (χ1v) is 9.11. The van der Waals surface area contributed by atoms with E-state index >= 15 is 0 Å². The van der Waals surface area contributed by atoms with Gasteiger partial charge in [-0.15, -0.1) is 5.10 Å². The van der Waals surface area contributed by atoms with Crippen molar-refractivity contribution in [1.29, 1.82) is 0 Å². The van der Waals surface area contributed by atoms with Gasteiger partial charge in [-0.25, -0.2) is 4.79 Å². The van der Waals surface area contributed by atoms with Gasteiger partial charge in [-0.1, -0.05) is 18.5 Å². The average molecular weight is 376 g/mol. The van der Waals surface area contributed by atoms with Gasteiger partial charge in [-0.3, -0.25) is 0 Å². The van der Waals surface area contributed by atoms with Crippen LogP contribution in [0.15, 0.2) is 24.4 Å².